The van der Waals surface area contributed by atoms with E-state index in [1.54, 1.807) is 60.7 Å². The van der Waals surface area contributed by atoms with Crippen molar-refractivity contribution < 1.29 is 19.1 Å². The monoisotopic (exact) mass is 357 g/mol. The molecule has 0 bridgehead atoms. The highest BCUT2D eigenvalue weighted by atomic mass is 16.5. The van der Waals surface area contributed by atoms with Crippen molar-refractivity contribution in [1.82, 2.24) is 0 Å². The summed E-state index contributed by atoms with van der Waals surface area (Å²) in [4.78, 5) is 38.8. The molecule has 5 heteroatoms. The summed E-state index contributed by atoms with van der Waals surface area (Å²) in [5, 5.41) is 0. The van der Waals surface area contributed by atoms with Gasteiger partial charge in [0, 0.05) is 0 Å². The van der Waals surface area contributed by atoms with Crippen LogP contribution < -0.4 is 9.64 Å². The number of nitrogens with zero attached hydrogens (tertiary/aromatic N) is 1. The Morgan fingerprint density at radius 1 is 0.815 bits per heavy atom. The molecule has 0 N–H and O–H groups in total. The van der Waals surface area contributed by atoms with E-state index in [0.717, 1.165) is 10.5 Å². The molecule has 5 nitrogen and oxygen atoms in total. The smallest absolute Gasteiger partial charge is 0.343 e. The second kappa shape index (κ2) is 6.53. The number of anilines is 1. The molecule has 2 amide bonds. The van der Waals surface area contributed by atoms with Crippen molar-refractivity contribution in [3.63, 3.8) is 0 Å². The molecule has 0 aromatic heterocycles. The molecule has 3 aromatic carbocycles. The van der Waals surface area contributed by atoms with Gasteiger partial charge in [-0.15, -0.1) is 0 Å². The van der Waals surface area contributed by atoms with Gasteiger partial charge in [-0.2, -0.15) is 0 Å². The first-order chi connectivity index (χ1) is 13.0. The number of rotatable bonds is 3. The van der Waals surface area contributed by atoms with Crippen LogP contribution in [0.15, 0.2) is 72.8 Å². The van der Waals surface area contributed by atoms with E-state index in [-0.39, 0.29) is 5.56 Å². The van der Waals surface area contributed by atoms with E-state index in [0.29, 0.717) is 22.6 Å². The van der Waals surface area contributed by atoms with Gasteiger partial charge >= 0.3 is 5.97 Å². The van der Waals surface area contributed by atoms with Gasteiger partial charge in [0.05, 0.1) is 22.4 Å². The minimum absolute atomic E-state index is 0.255. The molecule has 0 atom stereocenters. The fourth-order valence-corrected chi connectivity index (χ4v) is 3.04. The van der Waals surface area contributed by atoms with E-state index >= 15 is 0 Å². The number of hydrogen-bond acceptors (Lipinski definition) is 4. The van der Waals surface area contributed by atoms with Gasteiger partial charge in [-0.05, 0) is 55.0 Å². The number of carbonyl (C=O) groups is 3. The zero-order valence-corrected chi connectivity index (χ0v) is 14.5. The molecule has 1 heterocycles. The van der Waals surface area contributed by atoms with Crippen molar-refractivity contribution in [2.24, 2.45) is 0 Å². The predicted molar refractivity (Wildman–Crippen MR) is 100 cm³/mol. The molecule has 132 valence electrons. The lowest BCUT2D eigenvalue weighted by Crippen LogP contribution is -2.29. The number of hydrogen-bond donors (Lipinski definition) is 0. The van der Waals surface area contributed by atoms with Gasteiger partial charge in [-0.1, -0.05) is 30.3 Å². The van der Waals surface area contributed by atoms with Gasteiger partial charge in [0.15, 0.2) is 0 Å². The summed E-state index contributed by atoms with van der Waals surface area (Å²) >= 11 is 0. The number of fused-ring (bicyclic) bond motifs is 1. The lowest BCUT2D eigenvalue weighted by Gasteiger charge is -2.14. The largest absolute Gasteiger partial charge is 0.423 e. The Morgan fingerprint density at radius 3 is 2.15 bits per heavy atom. The summed E-state index contributed by atoms with van der Waals surface area (Å²) in [6.45, 7) is 1.90. The Hall–Kier alpha value is -3.73. The molecule has 0 saturated carbocycles. The second-order valence-electron chi connectivity index (χ2n) is 6.25. The first-order valence-electron chi connectivity index (χ1n) is 8.41. The third kappa shape index (κ3) is 3.00. The summed E-state index contributed by atoms with van der Waals surface area (Å²) in [6, 6.07) is 20.1. The highest BCUT2D eigenvalue weighted by Crippen LogP contribution is 2.29. The molecule has 0 radical (unpaired) electrons. The average Bonchev–Trinajstić information content (AvgIpc) is 2.93. The molecule has 3 aromatic rings. The Balaban J connectivity index is 1.63. The van der Waals surface area contributed by atoms with Crippen LogP contribution >= 0.6 is 0 Å². The van der Waals surface area contributed by atoms with Gasteiger partial charge in [-0.3, -0.25) is 9.59 Å². The first kappa shape index (κ1) is 16.7. The summed E-state index contributed by atoms with van der Waals surface area (Å²) in [5.41, 5.74) is 2.27. The third-order valence-electron chi connectivity index (χ3n) is 4.33. The van der Waals surface area contributed by atoms with E-state index in [1.807, 2.05) is 13.0 Å². The van der Waals surface area contributed by atoms with E-state index in [2.05, 4.69) is 0 Å². The standard InChI is InChI=1S/C22H15NO4/c1-14-6-4-9-17(12-14)27-22(26)15-7-5-8-16(13-15)23-20(24)18-10-2-3-11-19(18)21(23)25/h2-13H,1H3. The first-order valence-corrected chi connectivity index (χ1v) is 8.41. The molecule has 0 fully saturated rings. The van der Waals surface area contributed by atoms with Crippen LogP contribution in [0.2, 0.25) is 0 Å². The van der Waals surface area contributed by atoms with Gasteiger partial charge in [0.1, 0.15) is 5.75 Å². The van der Waals surface area contributed by atoms with Gasteiger partial charge < -0.3 is 4.74 Å². The fourth-order valence-electron chi connectivity index (χ4n) is 3.04. The zero-order chi connectivity index (χ0) is 19.0. The molecular formula is C22H15NO4. The molecule has 0 spiro atoms. The molecule has 1 aliphatic rings. The van der Waals surface area contributed by atoms with Crippen molar-refractivity contribution in [3.8, 4) is 5.75 Å². The highest BCUT2D eigenvalue weighted by Gasteiger charge is 2.36. The van der Waals surface area contributed by atoms with E-state index in [4.69, 9.17) is 4.74 Å². The lowest BCUT2D eigenvalue weighted by molar-refractivity contribution is 0.0733. The van der Waals surface area contributed by atoms with E-state index < -0.39 is 17.8 Å². The minimum Gasteiger partial charge on any atom is -0.423 e. The highest BCUT2D eigenvalue weighted by molar-refractivity contribution is 6.34. The normalized spacial score (nSPS) is 12.9. The number of aryl methyl sites for hydroxylation is 1. The number of amides is 2. The second-order valence-corrected chi connectivity index (χ2v) is 6.25. The van der Waals surface area contributed by atoms with E-state index in [1.165, 1.54) is 6.07 Å². The molecule has 0 aliphatic carbocycles. The van der Waals surface area contributed by atoms with Crippen molar-refractivity contribution in [2.75, 3.05) is 4.90 Å². The van der Waals surface area contributed by atoms with Gasteiger partial charge in [0.2, 0.25) is 0 Å². The molecule has 27 heavy (non-hydrogen) atoms. The quantitative estimate of drug-likeness (QED) is 0.404. The fraction of sp³-hybridized carbons (Fsp3) is 0.0455. The maximum Gasteiger partial charge on any atom is 0.343 e. The van der Waals surface area contributed by atoms with Crippen LogP contribution in [-0.4, -0.2) is 17.8 Å². The van der Waals surface area contributed by atoms with Crippen molar-refractivity contribution in [1.29, 1.82) is 0 Å². The SMILES string of the molecule is Cc1cccc(OC(=O)c2cccc(N3C(=O)c4ccccc4C3=O)c2)c1. The summed E-state index contributed by atoms with van der Waals surface area (Å²) in [7, 11) is 0. The zero-order valence-electron chi connectivity index (χ0n) is 14.5. The summed E-state index contributed by atoms with van der Waals surface area (Å²) in [6.07, 6.45) is 0. The Morgan fingerprint density at radius 2 is 1.48 bits per heavy atom. The molecule has 4 rings (SSSR count). The topological polar surface area (TPSA) is 63.7 Å². The summed E-state index contributed by atoms with van der Waals surface area (Å²) in [5.74, 6) is -0.926. The van der Waals surface area contributed by atoms with Crippen LogP contribution in [0.25, 0.3) is 0 Å². The number of benzene rings is 3. The Kier molecular flexibility index (Phi) is 4.05. The third-order valence-corrected chi connectivity index (χ3v) is 4.33. The Labute approximate surface area is 155 Å². The van der Waals surface area contributed by atoms with Crippen LogP contribution in [0, 0.1) is 6.92 Å². The molecule has 0 saturated heterocycles. The molecule has 0 unspecified atom stereocenters. The number of imide groups is 1. The van der Waals surface area contributed by atoms with Crippen LogP contribution in [0.4, 0.5) is 5.69 Å². The predicted octanol–water partition coefficient (Wildman–Crippen LogP) is 4.01. The maximum absolute atomic E-state index is 12.6. The van der Waals surface area contributed by atoms with Crippen LogP contribution in [-0.2, 0) is 0 Å². The van der Waals surface area contributed by atoms with Crippen LogP contribution in [0.3, 0.4) is 0 Å². The van der Waals surface area contributed by atoms with Crippen molar-refractivity contribution in [3.05, 3.63) is 95.1 Å². The van der Waals surface area contributed by atoms with Gasteiger partial charge in [-0.25, -0.2) is 9.69 Å². The van der Waals surface area contributed by atoms with E-state index in [9.17, 15) is 14.4 Å². The maximum atomic E-state index is 12.6. The number of esters is 1. The van der Waals surface area contributed by atoms with Crippen LogP contribution in [0.1, 0.15) is 36.6 Å². The Bertz CT molecular complexity index is 1050. The molecule has 1 aliphatic heterocycles. The van der Waals surface area contributed by atoms with Crippen LogP contribution in [0.5, 0.6) is 5.75 Å². The van der Waals surface area contributed by atoms with Gasteiger partial charge in [0.25, 0.3) is 11.8 Å². The minimum atomic E-state index is -0.556. The number of carbonyl (C=O) groups excluding carboxylic acids is 3. The lowest BCUT2D eigenvalue weighted by atomic mass is 10.1. The van der Waals surface area contributed by atoms with Crippen molar-refractivity contribution in [2.45, 2.75) is 6.92 Å². The average molecular weight is 357 g/mol. The number of ether oxygens (including phenoxy) is 1. The van der Waals surface area contributed by atoms with Crippen molar-refractivity contribution >= 4 is 23.5 Å². The molecular weight excluding hydrogens is 342 g/mol. The summed E-state index contributed by atoms with van der Waals surface area (Å²) < 4.78 is 5.39.